The Morgan fingerprint density at radius 3 is 2.44 bits per heavy atom. The molecule has 0 spiro atoms. The highest BCUT2D eigenvalue weighted by atomic mass is 32.1. The third kappa shape index (κ3) is 5.78. The Hall–Kier alpha value is -1.92. The smallest absolute Gasteiger partial charge is 0.234 e. The maximum Gasteiger partial charge on any atom is 0.234 e. The summed E-state index contributed by atoms with van der Waals surface area (Å²) in [7, 11) is 0. The van der Waals surface area contributed by atoms with E-state index in [0.29, 0.717) is 12.5 Å². The van der Waals surface area contributed by atoms with E-state index in [1.165, 1.54) is 5.56 Å². The molecule has 1 fully saturated rings. The molecule has 1 aliphatic heterocycles. The number of hydrogen-bond donors (Lipinski definition) is 1. The molecule has 6 heteroatoms. The fourth-order valence-electron chi connectivity index (χ4n) is 3.46. The van der Waals surface area contributed by atoms with Crippen molar-refractivity contribution in [3.63, 3.8) is 0 Å². The lowest BCUT2D eigenvalue weighted by Crippen LogP contribution is -2.49. The van der Waals surface area contributed by atoms with Gasteiger partial charge in [0, 0.05) is 37.8 Å². The lowest BCUT2D eigenvalue weighted by atomic mass is 10.00. The monoisotopic (exact) mass is 386 g/mol. The maximum atomic E-state index is 12.4. The van der Waals surface area contributed by atoms with Gasteiger partial charge >= 0.3 is 0 Å². The van der Waals surface area contributed by atoms with Crippen LogP contribution in [0.2, 0.25) is 0 Å². The van der Waals surface area contributed by atoms with Crippen LogP contribution in [0.4, 0.5) is 5.13 Å². The fourth-order valence-corrected chi connectivity index (χ4v) is 4.15. The van der Waals surface area contributed by atoms with Gasteiger partial charge < -0.3 is 10.2 Å². The van der Waals surface area contributed by atoms with Gasteiger partial charge in [0.25, 0.3) is 0 Å². The second-order valence-electron chi connectivity index (χ2n) is 7.71. The molecule has 1 aliphatic rings. The van der Waals surface area contributed by atoms with E-state index >= 15 is 0 Å². The number of anilines is 1. The van der Waals surface area contributed by atoms with Gasteiger partial charge in [-0.15, -0.1) is 11.3 Å². The Labute approximate surface area is 166 Å². The van der Waals surface area contributed by atoms with Crippen molar-refractivity contribution in [2.75, 3.05) is 37.6 Å². The standard InChI is InChI=1S/C21H30N4OS/c1-16(2)14-18-4-6-19(7-5-18)17(3)23-20(26)15-24-9-11-25(12-10-24)21-22-8-13-27-21/h4-8,13,16-17H,9-12,14-15H2,1-3H3,(H,23,26)/t17-/m1/s1. The number of aromatic nitrogens is 1. The number of rotatable bonds is 7. The summed E-state index contributed by atoms with van der Waals surface area (Å²) in [6.45, 7) is 10.6. The van der Waals surface area contributed by atoms with Crippen LogP contribution in [0.5, 0.6) is 0 Å². The number of carbonyl (C=O) groups is 1. The molecule has 1 aromatic heterocycles. The molecule has 5 nitrogen and oxygen atoms in total. The number of thiazole rings is 1. The summed E-state index contributed by atoms with van der Waals surface area (Å²) >= 11 is 1.67. The minimum Gasteiger partial charge on any atom is -0.348 e. The largest absolute Gasteiger partial charge is 0.348 e. The first kappa shape index (κ1) is 19.8. The van der Waals surface area contributed by atoms with E-state index in [1.54, 1.807) is 11.3 Å². The SMILES string of the molecule is CC(C)Cc1ccc([C@@H](C)NC(=O)CN2CCN(c3nccs3)CC2)cc1. The lowest BCUT2D eigenvalue weighted by molar-refractivity contribution is -0.123. The van der Waals surface area contributed by atoms with Crippen LogP contribution in [-0.4, -0.2) is 48.5 Å². The van der Waals surface area contributed by atoms with Gasteiger partial charge in [-0.25, -0.2) is 4.98 Å². The molecule has 1 amide bonds. The predicted octanol–water partition coefficient (Wildman–Crippen LogP) is 3.34. The predicted molar refractivity (Wildman–Crippen MR) is 112 cm³/mol. The third-order valence-electron chi connectivity index (χ3n) is 4.93. The van der Waals surface area contributed by atoms with E-state index in [4.69, 9.17) is 0 Å². The molecule has 27 heavy (non-hydrogen) atoms. The molecular weight excluding hydrogens is 356 g/mol. The van der Waals surface area contributed by atoms with Gasteiger partial charge in [0.15, 0.2) is 5.13 Å². The van der Waals surface area contributed by atoms with E-state index in [-0.39, 0.29) is 11.9 Å². The summed E-state index contributed by atoms with van der Waals surface area (Å²) in [6.07, 6.45) is 2.94. The highest BCUT2D eigenvalue weighted by molar-refractivity contribution is 7.13. The van der Waals surface area contributed by atoms with Crippen LogP contribution in [-0.2, 0) is 11.2 Å². The zero-order valence-electron chi connectivity index (χ0n) is 16.5. The summed E-state index contributed by atoms with van der Waals surface area (Å²) in [6, 6.07) is 8.65. The van der Waals surface area contributed by atoms with E-state index in [1.807, 2.05) is 11.6 Å². The summed E-state index contributed by atoms with van der Waals surface area (Å²) in [5.41, 5.74) is 2.51. The number of nitrogens with one attached hydrogen (secondary N) is 1. The molecule has 0 bridgehead atoms. The Kier molecular flexibility index (Phi) is 6.85. The molecule has 1 saturated heterocycles. The number of nitrogens with zero attached hydrogens (tertiary/aromatic N) is 3. The summed E-state index contributed by atoms with van der Waals surface area (Å²) < 4.78 is 0. The van der Waals surface area contributed by atoms with Crippen molar-refractivity contribution in [1.82, 2.24) is 15.2 Å². The number of carbonyl (C=O) groups excluding carboxylic acids is 1. The topological polar surface area (TPSA) is 48.5 Å². The van der Waals surface area contributed by atoms with Crippen molar-refractivity contribution < 1.29 is 4.79 Å². The van der Waals surface area contributed by atoms with Gasteiger partial charge in [0.2, 0.25) is 5.91 Å². The van der Waals surface area contributed by atoms with Gasteiger partial charge in [-0.05, 0) is 30.4 Å². The van der Waals surface area contributed by atoms with Gasteiger partial charge in [-0.1, -0.05) is 38.1 Å². The molecule has 1 N–H and O–H groups in total. The second kappa shape index (κ2) is 9.33. The fraction of sp³-hybridized carbons (Fsp3) is 0.524. The maximum absolute atomic E-state index is 12.4. The average molecular weight is 387 g/mol. The number of benzene rings is 1. The van der Waals surface area contributed by atoms with Crippen molar-refractivity contribution >= 4 is 22.4 Å². The van der Waals surface area contributed by atoms with Gasteiger partial charge in [0.1, 0.15) is 0 Å². The van der Waals surface area contributed by atoms with Crippen LogP contribution >= 0.6 is 11.3 Å². The summed E-state index contributed by atoms with van der Waals surface area (Å²) in [5, 5.41) is 6.22. The van der Waals surface area contributed by atoms with Crippen molar-refractivity contribution in [2.45, 2.75) is 33.2 Å². The average Bonchev–Trinajstić information content (AvgIpc) is 3.17. The highest BCUT2D eigenvalue weighted by Crippen LogP contribution is 2.19. The van der Waals surface area contributed by atoms with Crippen LogP contribution in [0.1, 0.15) is 37.9 Å². The Morgan fingerprint density at radius 1 is 1.15 bits per heavy atom. The first-order valence-corrected chi connectivity index (χ1v) is 10.6. The minimum atomic E-state index is 0.0298. The molecule has 1 aromatic carbocycles. The van der Waals surface area contributed by atoms with Crippen LogP contribution in [0.3, 0.4) is 0 Å². The number of amides is 1. The Balaban J connectivity index is 1.43. The van der Waals surface area contributed by atoms with Crippen molar-refractivity contribution in [2.24, 2.45) is 5.92 Å². The molecule has 0 saturated carbocycles. The van der Waals surface area contributed by atoms with Crippen molar-refractivity contribution in [3.8, 4) is 0 Å². The normalized spacial score (nSPS) is 16.5. The van der Waals surface area contributed by atoms with Crippen LogP contribution in [0.15, 0.2) is 35.8 Å². The minimum absolute atomic E-state index is 0.0298. The van der Waals surface area contributed by atoms with E-state index in [9.17, 15) is 4.79 Å². The first-order chi connectivity index (χ1) is 13.0. The highest BCUT2D eigenvalue weighted by Gasteiger charge is 2.21. The molecule has 1 atom stereocenters. The zero-order chi connectivity index (χ0) is 19.2. The third-order valence-corrected chi connectivity index (χ3v) is 5.76. The Morgan fingerprint density at radius 2 is 1.85 bits per heavy atom. The van der Waals surface area contributed by atoms with Gasteiger partial charge in [-0.3, -0.25) is 9.69 Å². The molecule has 0 radical (unpaired) electrons. The molecule has 146 valence electrons. The number of hydrogen-bond acceptors (Lipinski definition) is 5. The van der Waals surface area contributed by atoms with Crippen LogP contribution in [0, 0.1) is 5.92 Å². The summed E-state index contributed by atoms with van der Waals surface area (Å²) in [5.74, 6) is 0.750. The molecule has 0 aliphatic carbocycles. The van der Waals surface area contributed by atoms with Crippen molar-refractivity contribution in [1.29, 1.82) is 0 Å². The van der Waals surface area contributed by atoms with E-state index in [2.05, 4.69) is 65.1 Å². The molecule has 0 unspecified atom stereocenters. The molecular formula is C21H30N4OS. The quantitative estimate of drug-likeness (QED) is 0.793. The lowest BCUT2D eigenvalue weighted by Gasteiger charge is -2.34. The van der Waals surface area contributed by atoms with Crippen molar-refractivity contribution in [3.05, 3.63) is 47.0 Å². The Bertz CT molecular complexity index is 706. The zero-order valence-corrected chi connectivity index (χ0v) is 17.3. The second-order valence-corrected chi connectivity index (χ2v) is 8.58. The first-order valence-electron chi connectivity index (χ1n) is 9.76. The van der Waals surface area contributed by atoms with Crippen LogP contribution < -0.4 is 10.2 Å². The van der Waals surface area contributed by atoms with Gasteiger partial charge in [0.05, 0.1) is 12.6 Å². The number of piperazine rings is 1. The molecule has 3 rings (SSSR count). The molecule has 2 aromatic rings. The molecule has 2 heterocycles. The van der Waals surface area contributed by atoms with E-state index in [0.717, 1.165) is 43.3 Å². The van der Waals surface area contributed by atoms with Gasteiger partial charge in [-0.2, -0.15) is 0 Å². The summed E-state index contributed by atoms with van der Waals surface area (Å²) in [4.78, 5) is 21.3. The van der Waals surface area contributed by atoms with E-state index < -0.39 is 0 Å². The van der Waals surface area contributed by atoms with Crippen LogP contribution in [0.25, 0.3) is 0 Å².